The zero-order chi connectivity index (χ0) is 14.7. The quantitative estimate of drug-likeness (QED) is 0.549. The van der Waals surface area contributed by atoms with Gasteiger partial charge in [0.15, 0.2) is 0 Å². The predicted molar refractivity (Wildman–Crippen MR) is 73.5 cm³/mol. The third kappa shape index (κ3) is 3.02. The highest BCUT2D eigenvalue weighted by Gasteiger charge is 2.24. The van der Waals surface area contributed by atoms with Crippen LogP contribution in [0.4, 0.5) is 11.5 Å². The van der Waals surface area contributed by atoms with Gasteiger partial charge in [-0.25, -0.2) is 4.98 Å². The fraction of sp³-hybridized carbons (Fsp3) is 0.500. The Hall–Kier alpha value is -2.22. The molecule has 0 saturated carbocycles. The maximum Gasteiger partial charge on any atom is 0.288 e. The van der Waals surface area contributed by atoms with E-state index < -0.39 is 10.8 Å². The summed E-state index contributed by atoms with van der Waals surface area (Å²) < 4.78 is 0. The van der Waals surface area contributed by atoms with Crippen LogP contribution in [0.1, 0.15) is 30.1 Å². The van der Waals surface area contributed by atoms with E-state index in [-0.39, 0.29) is 23.3 Å². The van der Waals surface area contributed by atoms with Crippen LogP contribution >= 0.6 is 0 Å². The van der Waals surface area contributed by atoms with E-state index in [9.17, 15) is 14.9 Å². The lowest BCUT2D eigenvalue weighted by Gasteiger charge is -2.31. The van der Waals surface area contributed by atoms with Crippen molar-refractivity contribution in [1.29, 1.82) is 0 Å². The van der Waals surface area contributed by atoms with E-state index in [0.29, 0.717) is 5.82 Å². The van der Waals surface area contributed by atoms with Crippen molar-refractivity contribution in [3.05, 3.63) is 27.9 Å². The van der Waals surface area contributed by atoms with Crippen molar-refractivity contribution in [1.82, 2.24) is 10.3 Å². The van der Waals surface area contributed by atoms with Gasteiger partial charge in [0.05, 0.1) is 10.5 Å². The van der Waals surface area contributed by atoms with Gasteiger partial charge in [-0.3, -0.25) is 14.9 Å². The summed E-state index contributed by atoms with van der Waals surface area (Å²) in [5.74, 6) is -0.441. The van der Waals surface area contributed by atoms with Gasteiger partial charge in [-0.05, 0) is 26.3 Å². The standard InChI is InChI=1S/C12H17N5O3/c1-7-10(3-2-4-14-7)16-12-9(11(13)18)5-8(6-15-12)17(19)20/h5-7,10,14H,2-4H2,1H3,(H2,13,18)(H,15,16). The van der Waals surface area contributed by atoms with Crippen LogP contribution in [0.2, 0.25) is 0 Å². The number of amides is 1. The summed E-state index contributed by atoms with van der Waals surface area (Å²) >= 11 is 0. The number of hydrogen-bond donors (Lipinski definition) is 3. The minimum atomic E-state index is -0.736. The van der Waals surface area contributed by atoms with E-state index in [1.807, 2.05) is 6.92 Å². The Morgan fingerprint density at radius 2 is 2.40 bits per heavy atom. The number of hydrogen-bond acceptors (Lipinski definition) is 6. The van der Waals surface area contributed by atoms with Crippen LogP contribution in [0, 0.1) is 10.1 Å². The molecule has 0 aromatic carbocycles. The second-order valence-corrected chi connectivity index (χ2v) is 4.85. The first-order chi connectivity index (χ1) is 9.49. The molecule has 20 heavy (non-hydrogen) atoms. The van der Waals surface area contributed by atoms with Crippen LogP contribution in [0.5, 0.6) is 0 Å². The minimum absolute atomic E-state index is 0.0389. The molecule has 1 aliphatic rings. The molecule has 1 aromatic rings. The van der Waals surface area contributed by atoms with Crippen LogP contribution < -0.4 is 16.4 Å². The SMILES string of the molecule is CC1NCCCC1Nc1ncc([N+](=O)[O-])cc1C(N)=O. The molecule has 8 heteroatoms. The molecular formula is C12H17N5O3. The zero-order valence-corrected chi connectivity index (χ0v) is 11.1. The largest absolute Gasteiger partial charge is 0.365 e. The maximum absolute atomic E-state index is 11.4. The van der Waals surface area contributed by atoms with Gasteiger partial charge in [0.2, 0.25) is 0 Å². The van der Waals surface area contributed by atoms with Crippen LogP contribution in [0.3, 0.4) is 0 Å². The number of carbonyl (C=O) groups excluding carboxylic acids is 1. The summed E-state index contributed by atoms with van der Waals surface area (Å²) in [6, 6.07) is 1.48. The van der Waals surface area contributed by atoms with Gasteiger partial charge < -0.3 is 16.4 Å². The van der Waals surface area contributed by atoms with E-state index in [1.54, 1.807) is 0 Å². The molecule has 0 spiro atoms. The smallest absolute Gasteiger partial charge is 0.288 e. The average molecular weight is 279 g/mol. The Morgan fingerprint density at radius 3 is 3.00 bits per heavy atom. The predicted octanol–water partition coefficient (Wildman–Crippen LogP) is 0.641. The lowest BCUT2D eigenvalue weighted by Crippen LogP contribution is -2.46. The summed E-state index contributed by atoms with van der Waals surface area (Å²) in [4.78, 5) is 25.5. The number of primary amides is 1. The van der Waals surface area contributed by atoms with Gasteiger partial charge in [0.1, 0.15) is 12.0 Å². The zero-order valence-electron chi connectivity index (χ0n) is 11.1. The number of pyridine rings is 1. The molecular weight excluding hydrogens is 262 g/mol. The van der Waals surface area contributed by atoms with Gasteiger partial charge in [0.25, 0.3) is 11.6 Å². The van der Waals surface area contributed by atoms with Crippen molar-refractivity contribution in [2.75, 3.05) is 11.9 Å². The van der Waals surface area contributed by atoms with Gasteiger partial charge in [-0.1, -0.05) is 0 Å². The molecule has 2 unspecified atom stereocenters. The average Bonchev–Trinajstić information content (AvgIpc) is 2.41. The van der Waals surface area contributed by atoms with Crippen LogP contribution in [0.15, 0.2) is 12.3 Å². The summed E-state index contributed by atoms with van der Waals surface area (Å²) in [5, 5.41) is 17.2. The number of nitrogens with one attached hydrogen (secondary N) is 2. The van der Waals surface area contributed by atoms with Crippen LogP contribution in [-0.4, -0.2) is 34.4 Å². The van der Waals surface area contributed by atoms with Gasteiger partial charge in [-0.15, -0.1) is 0 Å². The van der Waals surface area contributed by atoms with Crippen LogP contribution in [0.25, 0.3) is 0 Å². The lowest BCUT2D eigenvalue weighted by molar-refractivity contribution is -0.385. The molecule has 1 aliphatic heterocycles. The second-order valence-electron chi connectivity index (χ2n) is 4.85. The van der Waals surface area contributed by atoms with Gasteiger partial charge >= 0.3 is 0 Å². The van der Waals surface area contributed by atoms with Crippen LogP contribution in [-0.2, 0) is 0 Å². The molecule has 8 nitrogen and oxygen atoms in total. The lowest BCUT2D eigenvalue weighted by atomic mass is 9.99. The number of nitro groups is 1. The number of carbonyl (C=O) groups is 1. The summed E-state index contributed by atoms with van der Waals surface area (Å²) in [5.41, 5.74) is 5.05. The number of piperidine rings is 1. The Labute approximate surface area is 115 Å². The highest BCUT2D eigenvalue weighted by Crippen LogP contribution is 2.21. The molecule has 0 radical (unpaired) electrons. The molecule has 1 fully saturated rings. The normalized spacial score (nSPS) is 22.2. The molecule has 0 aliphatic carbocycles. The number of nitrogens with zero attached hydrogens (tertiary/aromatic N) is 2. The number of rotatable bonds is 4. The van der Waals surface area contributed by atoms with Crippen molar-refractivity contribution >= 4 is 17.4 Å². The van der Waals surface area contributed by atoms with Crippen molar-refractivity contribution in [3.63, 3.8) is 0 Å². The maximum atomic E-state index is 11.4. The first-order valence-corrected chi connectivity index (χ1v) is 6.43. The van der Waals surface area contributed by atoms with Gasteiger partial charge in [0, 0.05) is 18.2 Å². The van der Waals surface area contributed by atoms with E-state index in [1.165, 1.54) is 0 Å². The molecule has 2 heterocycles. The third-order valence-electron chi connectivity index (χ3n) is 3.43. The van der Waals surface area contributed by atoms with E-state index >= 15 is 0 Å². The molecule has 4 N–H and O–H groups in total. The molecule has 1 aromatic heterocycles. The van der Waals surface area contributed by atoms with E-state index in [2.05, 4.69) is 15.6 Å². The summed E-state index contributed by atoms with van der Waals surface area (Å²) in [6.45, 7) is 2.99. The molecule has 2 atom stereocenters. The highest BCUT2D eigenvalue weighted by atomic mass is 16.6. The van der Waals surface area contributed by atoms with Crippen molar-refractivity contribution in [3.8, 4) is 0 Å². The Bertz CT molecular complexity index is 534. The third-order valence-corrected chi connectivity index (χ3v) is 3.43. The molecule has 108 valence electrons. The molecule has 1 amide bonds. The number of aromatic nitrogens is 1. The number of nitrogens with two attached hydrogens (primary N) is 1. The minimum Gasteiger partial charge on any atom is -0.365 e. The Kier molecular flexibility index (Phi) is 4.14. The Balaban J connectivity index is 2.26. The number of anilines is 1. The molecule has 2 rings (SSSR count). The van der Waals surface area contributed by atoms with Crippen molar-refractivity contribution in [2.45, 2.75) is 31.8 Å². The topological polar surface area (TPSA) is 123 Å². The fourth-order valence-corrected chi connectivity index (χ4v) is 2.27. The van der Waals surface area contributed by atoms with Crippen molar-refractivity contribution in [2.24, 2.45) is 5.73 Å². The molecule has 0 bridgehead atoms. The first kappa shape index (κ1) is 14.2. The van der Waals surface area contributed by atoms with Crippen molar-refractivity contribution < 1.29 is 9.72 Å². The first-order valence-electron chi connectivity index (χ1n) is 6.43. The van der Waals surface area contributed by atoms with E-state index in [0.717, 1.165) is 31.6 Å². The van der Waals surface area contributed by atoms with E-state index in [4.69, 9.17) is 5.73 Å². The summed E-state index contributed by atoms with van der Waals surface area (Å²) in [7, 11) is 0. The Morgan fingerprint density at radius 1 is 1.65 bits per heavy atom. The highest BCUT2D eigenvalue weighted by molar-refractivity contribution is 5.98. The van der Waals surface area contributed by atoms with Gasteiger partial charge in [-0.2, -0.15) is 0 Å². The second kappa shape index (κ2) is 5.83. The molecule has 1 saturated heterocycles. The summed E-state index contributed by atoms with van der Waals surface area (Å²) in [6.07, 6.45) is 3.07. The fourth-order valence-electron chi connectivity index (χ4n) is 2.27. The monoisotopic (exact) mass is 279 g/mol.